The molecule has 200 valence electrons. The van der Waals surface area contributed by atoms with Gasteiger partial charge in [0, 0.05) is 6.42 Å². The van der Waals surface area contributed by atoms with Crippen LogP contribution in [-0.2, 0) is 0 Å². The van der Waals surface area contributed by atoms with Crippen molar-refractivity contribution in [1.29, 1.82) is 0 Å². The molecule has 0 saturated heterocycles. The van der Waals surface area contributed by atoms with Crippen LogP contribution in [0.15, 0.2) is 55.1 Å². The number of hydrogen-bond acceptors (Lipinski definition) is 2. The number of phenols is 1. The van der Waals surface area contributed by atoms with Gasteiger partial charge in [0.1, 0.15) is 5.75 Å². The van der Waals surface area contributed by atoms with Crippen LogP contribution in [0.2, 0.25) is 0 Å². The van der Waals surface area contributed by atoms with E-state index in [1.807, 2.05) is 13.0 Å². The number of hydrogen-bond donors (Lipinski definition) is 1. The van der Waals surface area contributed by atoms with E-state index in [0.717, 1.165) is 28.9 Å². The van der Waals surface area contributed by atoms with Gasteiger partial charge in [0.05, 0.1) is 5.56 Å². The molecule has 2 fully saturated rings. The number of aromatic hydroxyl groups is 1. The summed E-state index contributed by atoms with van der Waals surface area (Å²) in [6.45, 7) is 5.70. The Hall–Kier alpha value is -2.35. The van der Waals surface area contributed by atoms with Crippen molar-refractivity contribution in [2.75, 3.05) is 0 Å². The van der Waals surface area contributed by atoms with Crippen molar-refractivity contribution in [2.45, 2.75) is 109 Å². The number of carbonyl (C=O) groups is 1. The van der Waals surface area contributed by atoms with E-state index >= 15 is 0 Å². The molecule has 0 amide bonds. The molecule has 0 radical (unpaired) electrons. The van der Waals surface area contributed by atoms with Gasteiger partial charge in [-0.05, 0) is 91.0 Å². The number of benzene rings is 2. The van der Waals surface area contributed by atoms with Crippen LogP contribution >= 0.6 is 0 Å². The van der Waals surface area contributed by atoms with Crippen molar-refractivity contribution >= 4 is 5.78 Å². The van der Waals surface area contributed by atoms with Gasteiger partial charge in [0.25, 0.3) is 0 Å². The van der Waals surface area contributed by atoms with Gasteiger partial charge < -0.3 is 5.11 Å². The molecule has 2 nitrogen and oxygen atoms in total. The molecule has 0 atom stereocenters. The molecule has 1 N–H and O–H groups in total. The van der Waals surface area contributed by atoms with Crippen LogP contribution in [0.3, 0.4) is 0 Å². The Morgan fingerprint density at radius 3 is 1.89 bits per heavy atom. The lowest BCUT2D eigenvalue weighted by Crippen LogP contribution is -2.15. The average molecular weight is 501 g/mol. The second kappa shape index (κ2) is 14.0. The Balaban J connectivity index is 1.16. The normalized spacial score (nSPS) is 24.0. The van der Waals surface area contributed by atoms with Crippen LogP contribution in [0.4, 0.5) is 0 Å². The highest BCUT2D eigenvalue weighted by atomic mass is 16.3. The van der Waals surface area contributed by atoms with Crippen LogP contribution in [0, 0.1) is 17.8 Å². The lowest BCUT2D eigenvalue weighted by molar-refractivity contribution is 0.0985. The molecule has 2 aromatic rings. The summed E-state index contributed by atoms with van der Waals surface area (Å²) in [6.07, 6.45) is 22.0. The van der Waals surface area contributed by atoms with E-state index in [4.69, 9.17) is 0 Å². The smallest absolute Gasteiger partial charge is 0.166 e. The Kier molecular flexibility index (Phi) is 10.5. The van der Waals surface area contributed by atoms with Gasteiger partial charge >= 0.3 is 0 Å². The second-order valence-electron chi connectivity index (χ2n) is 11.9. The molecule has 2 aliphatic carbocycles. The third kappa shape index (κ3) is 7.82. The van der Waals surface area contributed by atoms with Gasteiger partial charge in [-0.1, -0.05) is 94.7 Å². The second-order valence-corrected chi connectivity index (χ2v) is 11.9. The standard InChI is InChI=1S/C35H48O2/c1-3-5-8-26-11-13-27(14-12-26)9-6-7-10-28-15-17-29(18-16-28)30-19-21-31(22-20-30)32-23-24-33(34(36)4-2)35(37)25-32/h3,19-29,37H,1,4-18H2,2H3. The molecule has 0 unspecified atom stereocenters. The van der Waals surface area contributed by atoms with Crippen molar-refractivity contribution < 1.29 is 9.90 Å². The predicted molar refractivity (Wildman–Crippen MR) is 156 cm³/mol. The predicted octanol–water partition coefficient (Wildman–Crippen LogP) is 10.3. The van der Waals surface area contributed by atoms with Gasteiger partial charge in [-0.15, -0.1) is 6.58 Å². The molecule has 0 aliphatic heterocycles. The zero-order valence-corrected chi connectivity index (χ0v) is 23.1. The minimum atomic E-state index is -0.0209. The average Bonchev–Trinajstić information content (AvgIpc) is 2.95. The quantitative estimate of drug-likeness (QED) is 0.179. The fourth-order valence-electron chi connectivity index (χ4n) is 6.90. The Labute approximate surface area is 225 Å². The molecule has 0 heterocycles. The topological polar surface area (TPSA) is 37.3 Å². The number of unbranched alkanes of at least 4 members (excludes halogenated alkanes) is 1. The van der Waals surface area contributed by atoms with E-state index in [1.165, 1.54) is 95.5 Å². The van der Waals surface area contributed by atoms with Gasteiger partial charge in [0.2, 0.25) is 0 Å². The molecule has 0 spiro atoms. The molecule has 2 aliphatic rings. The minimum absolute atomic E-state index is 0.0209. The van der Waals surface area contributed by atoms with E-state index in [0.29, 0.717) is 17.9 Å². The minimum Gasteiger partial charge on any atom is -0.507 e. The first-order chi connectivity index (χ1) is 18.1. The zero-order chi connectivity index (χ0) is 26.0. The summed E-state index contributed by atoms with van der Waals surface area (Å²) in [5, 5.41) is 10.3. The van der Waals surface area contributed by atoms with E-state index in [2.05, 4.69) is 36.9 Å². The van der Waals surface area contributed by atoms with Crippen molar-refractivity contribution in [3.05, 3.63) is 66.2 Å². The first-order valence-corrected chi connectivity index (χ1v) is 15.1. The molecule has 2 heteroatoms. The lowest BCUT2D eigenvalue weighted by atomic mass is 9.76. The maximum absolute atomic E-state index is 11.9. The van der Waals surface area contributed by atoms with Crippen LogP contribution in [0.25, 0.3) is 11.1 Å². The molecular weight excluding hydrogens is 452 g/mol. The summed E-state index contributed by atoms with van der Waals surface area (Å²) < 4.78 is 0. The first kappa shape index (κ1) is 27.7. The van der Waals surface area contributed by atoms with Crippen LogP contribution in [0.1, 0.15) is 125 Å². The van der Waals surface area contributed by atoms with Crippen LogP contribution < -0.4 is 0 Å². The van der Waals surface area contributed by atoms with Gasteiger partial charge in [-0.3, -0.25) is 4.79 Å². The summed E-state index contributed by atoms with van der Waals surface area (Å²) in [6, 6.07) is 14.3. The van der Waals surface area contributed by atoms with Crippen molar-refractivity contribution in [1.82, 2.24) is 0 Å². The summed E-state index contributed by atoms with van der Waals surface area (Å²) in [7, 11) is 0. The molecule has 0 bridgehead atoms. The number of rotatable bonds is 12. The fraction of sp³-hybridized carbons (Fsp3) is 0.571. The van der Waals surface area contributed by atoms with E-state index in [1.54, 1.807) is 12.1 Å². The monoisotopic (exact) mass is 500 g/mol. The molecule has 2 aromatic carbocycles. The number of phenolic OH excluding ortho intramolecular Hbond substituents is 1. The Bertz CT molecular complexity index is 988. The summed E-state index contributed by atoms with van der Waals surface area (Å²) in [5.41, 5.74) is 3.92. The van der Waals surface area contributed by atoms with Crippen molar-refractivity contribution in [3.8, 4) is 16.9 Å². The Morgan fingerprint density at radius 1 is 0.811 bits per heavy atom. The molecule has 4 rings (SSSR count). The zero-order valence-electron chi connectivity index (χ0n) is 23.1. The highest BCUT2D eigenvalue weighted by molar-refractivity contribution is 5.99. The van der Waals surface area contributed by atoms with Gasteiger partial charge in [0.15, 0.2) is 5.78 Å². The van der Waals surface area contributed by atoms with Gasteiger partial charge in [-0.2, -0.15) is 0 Å². The first-order valence-electron chi connectivity index (χ1n) is 15.1. The summed E-state index contributed by atoms with van der Waals surface area (Å²) in [4.78, 5) is 11.9. The number of Topliss-reactive ketones (excluding diaryl/α,β-unsaturated/α-hetero) is 1. The van der Waals surface area contributed by atoms with Crippen LogP contribution in [0.5, 0.6) is 5.75 Å². The summed E-state index contributed by atoms with van der Waals surface area (Å²) >= 11 is 0. The number of ketones is 1. The highest BCUT2D eigenvalue weighted by Gasteiger charge is 2.23. The SMILES string of the molecule is C=CCCC1CCC(CCCCC2CCC(c3ccc(-c4ccc(C(=O)CC)c(O)c4)cc3)CC2)CC1. The van der Waals surface area contributed by atoms with Crippen molar-refractivity contribution in [3.63, 3.8) is 0 Å². The van der Waals surface area contributed by atoms with Gasteiger partial charge in [-0.25, -0.2) is 0 Å². The third-order valence-corrected chi connectivity index (χ3v) is 9.40. The lowest BCUT2D eigenvalue weighted by Gasteiger charge is -2.30. The maximum atomic E-state index is 11.9. The summed E-state index contributed by atoms with van der Waals surface area (Å²) in [5.74, 6) is 3.64. The molecule has 2 saturated carbocycles. The van der Waals surface area contributed by atoms with Crippen LogP contribution in [-0.4, -0.2) is 10.9 Å². The third-order valence-electron chi connectivity index (χ3n) is 9.40. The largest absolute Gasteiger partial charge is 0.507 e. The molecular formula is C35H48O2. The fourth-order valence-corrected chi connectivity index (χ4v) is 6.90. The number of carbonyl (C=O) groups excluding carboxylic acids is 1. The highest BCUT2D eigenvalue weighted by Crippen LogP contribution is 2.39. The van der Waals surface area contributed by atoms with E-state index in [9.17, 15) is 9.90 Å². The van der Waals surface area contributed by atoms with Crippen molar-refractivity contribution in [2.24, 2.45) is 17.8 Å². The Morgan fingerprint density at radius 2 is 1.35 bits per heavy atom. The van der Waals surface area contributed by atoms with E-state index < -0.39 is 0 Å². The molecule has 0 aromatic heterocycles. The molecule has 37 heavy (non-hydrogen) atoms. The van der Waals surface area contributed by atoms with E-state index in [-0.39, 0.29) is 11.5 Å². The number of allylic oxidation sites excluding steroid dienone is 1. The maximum Gasteiger partial charge on any atom is 0.166 e.